The number of unbranched alkanes of at least 4 members (excludes halogenated alkanes) is 1. The highest BCUT2D eigenvalue weighted by molar-refractivity contribution is 4.97. The summed E-state index contributed by atoms with van der Waals surface area (Å²) in [7, 11) is 0. The van der Waals surface area contributed by atoms with Gasteiger partial charge < -0.3 is 0 Å². The second-order valence-corrected chi connectivity index (χ2v) is 1.77. The Hall–Kier alpha value is -1.13. The Balaban J connectivity index is 3.12. The van der Waals surface area contributed by atoms with Gasteiger partial charge in [-0.1, -0.05) is 12.0 Å². The summed E-state index contributed by atoms with van der Waals surface area (Å²) < 4.78 is 0. The van der Waals surface area contributed by atoms with Crippen LogP contribution in [0.2, 0.25) is 0 Å². The Bertz CT molecular complexity index is 169. The summed E-state index contributed by atoms with van der Waals surface area (Å²) in [6.45, 7) is 2.58. The van der Waals surface area contributed by atoms with Gasteiger partial charge in [0.1, 0.15) is 0 Å². The van der Waals surface area contributed by atoms with Crippen LogP contribution in [0.5, 0.6) is 0 Å². The lowest BCUT2D eigenvalue weighted by molar-refractivity contribution is 0.862. The molecule has 3 heteroatoms. The van der Waals surface area contributed by atoms with Crippen LogP contribution in [0, 0.1) is 11.8 Å². The first-order chi connectivity index (χ1) is 4.91. The lowest BCUT2D eigenvalue weighted by Gasteiger charge is -1.82. The summed E-state index contributed by atoms with van der Waals surface area (Å²) in [6.07, 6.45) is 2.62. The van der Waals surface area contributed by atoms with E-state index in [1.54, 1.807) is 0 Å². The fourth-order valence-corrected chi connectivity index (χ4v) is 0.496. The summed E-state index contributed by atoms with van der Waals surface area (Å²) in [4.78, 5) is 2.63. The summed E-state index contributed by atoms with van der Waals surface area (Å²) in [6, 6.07) is 0. The summed E-state index contributed by atoms with van der Waals surface area (Å²) in [5.41, 5.74) is 7.89. The summed E-state index contributed by atoms with van der Waals surface area (Å²) in [5.74, 6) is 5.90. The predicted octanol–water partition coefficient (Wildman–Crippen LogP) is 2.49. The van der Waals surface area contributed by atoms with Crippen molar-refractivity contribution >= 4 is 0 Å². The van der Waals surface area contributed by atoms with Gasteiger partial charge in [-0.3, -0.25) is 0 Å². The zero-order valence-corrected chi connectivity index (χ0v) is 6.17. The largest absolute Gasteiger partial charge is 0.104 e. The molecular formula is C7H11N3. The molecule has 54 valence electrons. The Morgan fingerprint density at radius 1 is 1.50 bits per heavy atom. The first kappa shape index (κ1) is 8.87. The molecule has 0 amide bonds. The third kappa shape index (κ3) is 6.87. The van der Waals surface area contributed by atoms with Crippen LogP contribution in [0.15, 0.2) is 5.11 Å². The van der Waals surface area contributed by atoms with Gasteiger partial charge in [0.2, 0.25) is 0 Å². The standard InChI is InChI=1S/C7H11N3/c1-2-3-4-5-6-7-9-10-8/h2,5-7H2,1H3. The third-order valence-corrected chi connectivity index (χ3v) is 0.925. The van der Waals surface area contributed by atoms with Crippen LogP contribution < -0.4 is 0 Å². The maximum atomic E-state index is 7.89. The molecule has 0 unspecified atom stereocenters. The first-order valence-electron chi connectivity index (χ1n) is 3.38. The van der Waals surface area contributed by atoms with Crippen molar-refractivity contribution in [2.24, 2.45) is 5.11 Å². The quantitative estimate of drug-likeness (QED) is 0.189. The zero-order valence-electron chi connectivity index (χ0n) is 6.17. The second kappa shape index (κ2) is 7.87. The van der Waals surface area contributed by atoms with E-state index in [0.717, 1.165) is 19.3 Å². The van der Waals surface area contributed by atoms with Crippen molar-refractivity contribution in [2.75, 3.05) is 6.54 Å². The van der Waals surface area contributed by atoms with Crippen LogP contribution in [0.25, 0.3) is 10.4 Å². The van der Waals surface area contributed by atoms with E-state index < -0.39 is 0 Å². The van der Waals surface area contributed by atoms with Crippen LogP contribution in [0.4, 0.5) is 0 Å². The highest BCUT2D eigenvalue weighted by atomic mass is 15.1. The van der Waals surface area contributed by atoms with Gasteiger partial charge in [0.15, 0.2) is 0 Å². The summed E-state index contributed by atoms with van der Waals surface area (Å²) in [5, 5.41) is 3.38. The van der Waals surface area contributed by atoms with Gasteiger partial charge in [-0.15, -0.1) is 11.8 Å². The van der Waals surface area contributed by atoms with Crippen molar-refractivity contribution in [1.82, 2.24) is 0 Å². The number of rotatable bonds is 3. The minimum absolute atomic E-state index is 0.564. The molecule has 0 aromatic carbocycles. The van der Waals surface area contributed by atoms with Gasteiger partial charge in [-0.25, -0.2) is 0 Å². The fraction of sp³-hybridized carbons (Fsp3) is 0.714. The van der Waals surface area contributed by atoms with Gasteiger partial charge in [0.05, 0.1) is 0 Å². The number of azide groups is 1. The molecule has 0 aromatic rings. The maximum Gasteiger partial charge on any atom is 0.0266 e. The van der Waals surface area contributed by atoms with Crippen LogP contribution in [-0.2, 0) is 0 Å². The normalized spacial score (nSPS) is 7.30. The topological polar surface area (TPSA) is 48.8 Å². The van der Waals surface area contributed by atoms with E-state index in [2.05, 4.69) is 21.9 Å². The van der Waals surface area contributed by atoms with Gasteiger partial charge in [0, 0.05) is 24.3 Å². The Morgan fingerprint density at radius 2 is 2.30 bits per heavy atom. The molecule has 0 N–H and O–H groups in total. The molecule has 10 heavy (non-hydrogen) atoms. The van der Waals surface area contributed by atoms with E-state index in [4.69, 9.17) is 5.53 Å². The SMILES string of the molecule is CCC#CCCCN=[N+]=[N-]. The third-order valence-electron chi connectivity index (χ3n) is 0.925. The summed E-state index contributed by atoms with van der Waals surface area (Å²) >= 11 is 0. The molecule has 0 radical (unpaired) electrons. The van der Waals surface area contributed by atoms with Gasteiger partial charge >= 0.3 is 0 Å². The van der Waals surface area contributed by atoms with Gasteiger partial charge in [-0.05, 0) is 12.0 Å². The van der Waals surface area contributed by atoms with Crippen molar-refractivity contribution in [3.8, 4) is 11.8 Å². The highest BCUT2D eigenvalue weighted by Crippen LogP contribution is 1.87. The molecule has 0 heterocycles. The van der Waals surface area contributed by atoms with Crippen molar-refractivity contribution in [3.05, 3.63) is 10.4 Å². The van der Waals surface area contributed by atoms with E-state index in [1.165, 1.54) is 0 Å². The van der Waals surface area contributed by atoms with Gasteiger partial charge in [0.25, 0.3) is 0 Å². The molecule has 0 saturated carbocycles. The van der Waals surface area contributed by atoms with E-state index in [9.17, 15) is 0 Å². The lowest BCUT2D eigenvalue weighted by Crippen LogP contribution is -1.75. The van der Waals surface area contributed by atoms with Crippen molar-refractivity contribution in [2.45, 2.75) is 26.2 Å². The smallest absolute Gasteiger partial charge is 0.0266 e. The zero-order chi connectivity index (χ0) is 7.66. The van der Waals surface area contributed by atoms with Crippen molar-refractivity contribution in [1.29, 1.82) is 0 Å². The van der Waals surface area contributed by atoms with Crippen LogP contribution in [0.1, 0.15) is 26.2 Å². The van der Waals surface area contributed by atoms with Crippen LogP contribution >= 0.6 is 0 Å². The maximum absolute atomic E-state index is 7.89. The Labute approximate surface area is 61.1 Å². The van der Waals surface area contributed by atoms with Crippen LogP contribution in [-0.4, -0.2) is 6.54 Å². The highest BCUT2D eigenvalue weighted by Gasteiger charge is 1.78. The second-order valence-electron chi connectivity index (χ2n) is 1.77. The average Bonchev–Trinajstić information content (AvgIpc) is 1.97. The van der Waals surface area contributed by atoms with Crippen LogP contribution in [0.3, 0.4) is 0 Å². The molecule has 0 aromatic heterocycles. The molecule has 0 aliphatic heterocycles. The monoisotopic (exact) mass is 137 g/mol. The Kier molecular flexibility index (Phi) is 6.98. The minimum Gasteiger partial charge on any atom is -0.104 e. The van der Waals surface area contributed by atoms with E-state index >= 15 is 0 Å². The number of hydrogen-bond acceptors (Lipinski definition) is 1. The number of nitrogens with zero attached hydrogens (tertiary/aromatic N) is 3. The molecule has 0 spiro atoms. The lowest BCUT2D eigenvalue weighted by atomic mass is 10.3. The fourth-order valence-electron chi connectivity index (χ4n) is 0.496. The average molecular weight is 137 g/mol. The van der Waals surface area contributed by atoms with E-state index in [1.807, 2.05) is 6.92 Å². The molecule has 0 bridgehead atoms. The molecule has 0 atom stereocenters. The molecule has 0 aliphatic carbocycles. The van der Waals surface area contributed by atoms with E-state index in [-0.39, 0.29) is 0 Å². The minimum atomic E-state index is 0.564. The first-order valence-corrected chi connectivity index (χ1v) is 3.38. The molecule has 0 saturated heterocycles. The molecule has 3 nitrogen and oxygen atoms in total. The molecule has 0 aliphatic rings. The molecular weight excluding hydrogens is 126 g/mol. The van der Waals surface area contributed by atoms with Crippen molar-refractivity contribution < 1.29 is 0 Å². The van der Waals surface area contributed by atoms with Gasteiger partial charge in [-0.2, -0.15) is 0 Å². The molecule has 0 rings (SSSR count). The van der Waals surface area contributed by atoms with E-state index in [0.29, 0.717) is 6.54 Å². The molecule has 0 fully saturated rings. The number of hydrogen-bond donors (Lipinski definition) is 0. The predicted molar refractivity (Wildman–Crippen MR) is 41.3 cm³/mol. The van der Waals surface area contributed by atoms with Crippen molar-refractivity contribution in [3.63, 3.8) is 0 Å². The Morgan fingerprint density at radius 3 is 2.90 bits per heavy atom.